The monoisotopic (exact) mass is 330 g/mol. The molecular formula is C19H26N2O3. The first-order valence-electron chi connectivity index (χ1n) is 9.10. The van der Waals surface area contributed by atoms with Gasteiger partial charge in [0.05, 0.1) is 17.7 Å². The Labute approximate surface area is 143 Å². The smallest absolute Gasteiger partial charge is 0.366 e. The average molecular weight is 330 g/mol. The molecular weight excluding hydrogens is 304 g/mol. The van der Waals surface area contributed by atoms with Crippen LogP contribution < -0.4 is 5.32 Å². The Bertz CT molecular complexity index is 651. The molecule has 1 saturated carbocycles. The highest BCUT2D eigenvalue weighted by atomic mass is 16.6. The molecule has 3 aliphatic heterocycles. The zero-order valence-electron chi connectivity index (χ0n) is 14.6. The molecule has 1 aliphatic carbocycles. The number of rotatable bonds is 3. The number of hydrogen-bond acceptors (Lipinski definition) is 5. The summed E-state index contributed by atoms with van der Waals surface area (Å²) >= 11 is 0. The van der Waals surface area contributed by atoms with Gasteiger partial charge in [0, 0.05) is 18.8 Å². The predicted molar refractivity (Wildman–Crippen MR) is 90.3 cm³/mol. The van der Waals surface area contributed by atoms with Crippen LogP contribution in [0.15, 0.2) is 35.5 Å². The minimum atomic E-state index is -1.06. The van der Waals surface area contributed by atoms with Gasteiger partial charge in [0.2, 0.25) is 0 Å². The van der Waals surface area contributed by atoms with Gasteiger partial charge >= 0.3 is 5.97 Å². The van der Waals surface area contributed by atoms with Gasteiger partial charge in [-0.3, -0.25) is 5.32 Å². The summed E-state index contributed by atoms with van der Waals surface area (Å²) in [6, 6.07) is 0. The number of nitrogens with one attached hydrogen (secondary N) is 1. The highest BCUT2D eigenvalue weighted by molar-refractivity contribution is 5.80. The summed E-state index contributed by atoms with van der Waals surface area (Å²) in [6.07, 6.45) is 13.7. The quantitative estimate of drug-likeness (QED) is 0.806. The average Bonchev–Trinajstić information content (AvgIpc) is 2.96. The molecule has 0 aromatic heterocycles. The van der Waals surface area contributed by atoms with Crippen LogP contribution in [-0.2, 0) is 14.3 Å². The zero-order chi connectivity index (χ0) is 16.8. The minimum absolute atomic E-state index is 0.134. The largest absolute Gasteiger partial charge is 0.463 e. The van der Waals surface area contributed by atoms with Crippen molar-refractivity contribution < 1.29 is 14.3 Å². The van der Waals surface area contributed by atoms with Crippen molar-refractivity contribution in [2.45, 2.75) is 57.6 Å². The zero-order valence-corrected chi connectivity index (χ0v) is 14.6. The molecule has 0 aromatic carbocycles. The fourth-order valence-corrected chi connectivity index (χ4v) is 4.69. The second-order valence-electron chi connectivity index (χ2n) is 7.13. The molecule has 130 valence electrons. The third kappa shape index (κ3) is 2.07. The third-order valence-electron chi connectivity index (χ3n) is 5.87. The number of carbonyl (C=O) groups excluding carboxylic acids is 1. The van der Waals surface area contributed by atoms with Gasteiger partial charge in [-0.2, -0.15) is 0 Å². The van der Waals surface area contributed by atoms with E-state index in [1.165, 1.54) is 24.1 Å². The van der Waals surface area contributed by atoms with Crippen LogP contribution in [0.2, 0.25) is 0 Å². The Kier molecular flexibility index (Phi) is 3.71. The fourth-order valence-electron chi connectivity index (χ4n) is 4.69. The van der Waals surface area contributed by atoms with Crippen LogP contribution in [0.5, 0.6) is 0 Å². The number of nitrogens with zero attached hydrogens (tertiary/aromatic N) is 1. The molecule has 0 amide bonds. The Morgan fingerprint density at radius 1 is 1.42 bits per heavy atom. The number of allylic oxidation sites excluding steroid dienone is 3. The maximum Gasteiger partial charge on any atom is 0.366 e. The Morgan fingerprint density at radius 3 is 3.08 bits per heavy atom. The van der Waals surface area contributed by atoms with Crippen molar-refractivity contribution in [1.82, 2.24) is 10.2 Å². The number of carbonyl (C=O) groups is 1. The van der Waals surface area contributed by atoms with E-state index in [2.05, 4.69) is 28.7 Å². The SMILES string of the molecule is CCOC(=O)C1(NC)CC23CCCCC2=CN2C=CCCC2=C3O1. The maximum absolute atomic E-state index is 12.7. The van der Waals surface area contributed by atoms with Gasteiger partial charge in [0.25, 0.3) is 5.72 Å². The lowest BCUT2D eigenvalue weighted by Crippen LogP contribution is -2.51. The molecule has 0 radical (unpaired) electrons. The van der Waals surface area contributed by atoms with E-state index in [9.17, 15) is 4.79 Å². The summed E-state index contributed by atoms with van der Waals surface area (Å²) in [6.45, 7) is 2.20. The van der Waals surface area contributed by atoms with Gasteiger partial charge in [0.1, 0.15) is 5.76 Å². The summed E-state index contributed by atoms with van der Waals surface area (Å²) in [5.41, 5.74) is 1.42. The van der Waals surface area contributed by atoms with Gasteiger partial charge < -0.3 is 14.4 Å². The molecule has 1 saturated heterocycles. The molecule has 5 nitrogen and oxygen atoms in total. The van der Waals surface area contributed by atoms with Crippen molar-refractivity contribution in [3.05, 3.63) is 35.5 Å². The van der Waals surface area contributed by atoms with Crippen LogP contribution in [0.3, 0.4) is 0 Å². The number of likely N-dealkylation sites (N-methyl/N-ethyl adjacent to an activating group) is 1. The fraction of sp³-hybridized carbons (Fsp3) is 0.632. The topological polar surface area (TPSA) is 50.8 Å². The molecule has 1 N–H and O–H groups in total. The molecule has 2 unspecified atom stereocenters. The minimum Gasteiger partial charge on any atom is -0.463 e. The molecule has 1 spiro atoms. The van der Waals surface area contributed by atoms with Crippen LogP contribution in [0.1, 0.15) is 51.9 Å². The normalized spacial score (nSPS) is 34.1. The van der Waals surface area contributed by atoms with Gasteiger partial charge in [-0.1, -0.05) is 12.5 Å². The lowest BCUT2D eigenvalue weighted by molar-refractivity contribution is -0.167. The molecule has 4 rings (SSSR count). The predicted octanol–water partition coefficient (Wildman–Crippen LogP) is 3.16. The van der Waals surface area contributed by atoms with Crippen molar-refractivity contribution in [3.8, 4) is 0 Å². The van der Waals surface area contributed by atoms with Crippen molar-refractivity contribution in [1.29, 1.82) is 0 Å². The summed E-state index contributed by atoms with van der Waals surface area (Å²) in [5.74, 6) is 0.707. The summed E-state index contributed by atoms with van der Waals surface area (Å²) in [5, 5.41) is 3.15. The van der Waals surface area contributed by atoms with E-state index >= 15 is 0 Å². The van der Waals surface area contributed by atoms with Gasteiger partial charge in [-0.15, -0.1) is 0 Å². The number of esters is 1. The summed E-state index contributed by atoms with van der Waals surface area (Å²) in [4.78, 5) is 14.9. The Balaban J connectivity index is 1.82. The number of fused-ring (bicyclic) bond motifs is 1. The molecule has 0 aromatic rings. The van der Waals surface area contributed by atoms with Crippen molar-refractivity contribution in [2.24, 2.45) is 5.41 Å². The molecule has 24 heavy (non-hydrogen) atoms. The Hall–Kier alpha value is -1.75. The van der Waals surface area contributed by atoms with Crippen LogP contribution in [0.4, 0.5) is 0 Å². The second-order valence-corrected chi connectivity index (χ2v) is 7.13. The lowest BCUT2D eigenvalue weighted by Gasteiger charge is -2.42. The first kappa shape index (κ1) is 15.8. The van der Waals surface area contributed by atoms with E-state index in [4.69, 9.17) is 9.47 Å². The van der Waals surface area contributed by atoms with Gasteiger partial charge in [-0.05, 0) is 51.6 Å². The second kappa shape index (κ2) is 5.66. The first-order valence-corrected chi connectivity index (χ1v) is 9.10. The standard InChI is InChI=1S/C19H26N2O3/c1-3-23-17(22)19(20-2)13-18-10-6-4-8-14(18)12-21-11-7-5-9-15(21)16(18)24-19/h7,11-12,20H,3-6,8-10,13H2,1-2H3. The van der Waals surface area contributed by atoms with E-state index in [0.717, 1.165) is 31.4 Å². The van der Waals surface area contributed by atoms with E-state index in [1.807, 2.05) is 6.92 Å². The van der Waals surface area contributed by atoms with E-state index in [-0.39, 0.29) is 11.4 Å². The molecule has 4 aliphatic rings. The van der Waals surface area contributed by atoms with Crippen molar-refractivity contribution >= 4 is 5.97 Å². The summed E-state index contributed by atoms with van der Waals surface area (Å²) in [7, 11) is 1.79. The van der Waals surface area contributed by atoms with Gasteiger partial charge in [0.15, 0.2) is 0 Å². The van der Waals surface area contributed by atoms with Crippen LogP contribution in [-0.4, -0.2) is 30.2 Å². The summed E-state index contributed by atoms with van der Waals surface area (Å²) < 4.78 is 11.8. The molecule has 3 heterocycles. The van der Waals surface area contributed by atoms with Crippen LogP contribution in [0.25, 0.3) is 0 Å². The lowest BCUT2D eigenvalue weighted by atomic mass is 9.65. The van der Waals surface area contributed by atoms with Crippen LogP contribution >= 0.6 is 0 Å². The number of ether oxygens (including phenoxy) is 2. The molecule has 5 heteroatoms. The first-order chi connectivity index (χ1) is 11.6. The highest BCUT2D eigenvalue weighted by Crippen LogP contribution is 2.61. The van der Waals surface area contributed by atoms with Gasteiger partial charge in [-0.25, -0.2) is 4.79 Å². The molecule has 0 bridgehead atoms. The van der Waals surface area contributed by atoms with Crippen molar-refractivity contribution in [2.75, 3.05) is 13.7 Å². The van der Waals surface area contributed by atoms with E-state index in [0.29, 0.717) is 13.0 Å². The Morgan fingerprint density at radius 2 is 2.29 bits per heavy atom. The van der Waals surface area contributed by atoms with Crippen LogP contribution in [0, 0.1) is 5.41 Å². The highest BCUT2D eigenvalue weighted by Gasteiger charge is 2.62. The van der Waals surface area contributed by atoms with E-state index in [1.54, 1.807) is 7.05 Å². The molecule has 2 atom stereocenters. The maximum atomic E-state index is 12.7. The van der Waals surface area contributed by atoms with E-state index < -0.39 is 5.72 Å². The molecule has 2 fully saturated rings. The van der Waals surface area contributed by atoms with Crippen molar-refractivity contribution in [3.63, 3.8) is 0 Å². The third-order valence-corrected chi connectivity index (χ3v) is 5.87. The number of hydrogen-bond donors (Lipinski definition) is 1.